The van der Waals surface area contributed by atoms with Gasteiger partial charge in [0.1, 0.15) is 0 Å². The highest BCUT2D eigenvalue weighted by Gasteiger charge is 2.12. The Balaban J connectivity index is 2.28. The number of nitrogens with one attached hydrogen (secondary N) is 1. The Bertz CT molecular complexity index is 400. The standard InChI is InChI=1S/C10H15N3O2/c14-5-1-4-13-10(15)6-8-7-11-3-2-9(8)12-13/h6,11,14H,1-5,7H2. The van der Waals surface area contributed by atoms with Crippen molar-refractivity contribution < 1.29 is 5.11 Å². The molecule has 1 aliphatic heterocycles. The normalized spacial score (nSPS) is 15.0. The first-order valence-corrected chi connectivity index (χ1v) is 5.23. The van der Waals surface area contributed by atoms with Gasteiger partial charge in [0.2, 0.25) is 0 Å². The molecular formula is C10H15N3O2. The third kappa shape index (κ3) is 2.24. The van der Waals surface area contributed by atoms with Gasteiger partial charge in [-0.1, -0.05) is 0 Å². The topological polar surface area (TPSA) is 67.2 Å². The number of hydrogen-bond donors (Lipinski definition) is 2. The summed E-state index contributed by atoms with van der Waals surface area (Å²) in [5, 5.41) is 16.2. The fraction of sp³-hybridized carbons (Fsp3) is 0.600. The molecule has 0 saturated carbocycles. The molecule has 0 bridgehead atoms. The summed E-state index contributed by atoms with van der Waals surface area (Å²) in [5.41, 5.74) is 1.93. The largest absolute Gasteiger partial charge is 0.396 e. The Kier molecular flexibility index (Phi) is 3.13. The minimum absolute atomic E-state index is 0.0779. The highest BCUT2D eigenvalue weighted by Crippen LogP contribution is 2.07. The van der Waals surface area contributed by atoms with Crippen LogP contribution in [0.3, 0.4) is 0 Å². The van der Waals surface area contributed by atoms with Gasteiger partial charge in [0, 0.05) is 38.7 Å². The first-order chi connectivity index (χ1) is 7.31. The lowest BCUT2D eigenvalue weighted by molar-refractivity contribution is 0.275. The summed E-state index contributed by atoms with van der Waals surface area (Å²) in [5.74, 6) is 0. The van der Waals surface area contributed by atoms with Crippen LogP contribution in [0.1, 0.15) is 17.7 Å². The number of fused-ring (bicyclic) bond motifs is 1. The molecule has 0 aromatic carbocycles. The first kappa shape index (κ1) is 10.3. The highest BCUT2D eigenvalue weighted by molar-refractivity contribution is 5.20. The molecule has 0 fully saturated rings. The highest BCUT2D eigenvalue weighted by atomic mass is 16.3. The van der Waals surface area contributed by atoms with Crippen molar-refractivity contribution in [1.82, 2.24) is 15.1 Å². The lowest BCUT2D eigenvalue weighted by atomic mass is 10.1. The molecule has 2 N–H and O–H groups in total. The average molecular weight is 209 g/mol. The zero-order valence-corrected chi connectivity index (χ0v) is 8.57. The second-order valence-corrected chi connectivity index (χ2v) is 3.68. The molecule has 15 heavy (non-hydrogen) atoms. The molecule has 1 aromatic heterocycles. The van der Waals surface area contributed by atoms with Gasteiger partial charge in [0.15, 0.2) is 0 Å². The van der Waals surface area contributed by atoms with E-state index in [1.54, 1.807) is 6.07 Å². The molecule has 0 amide bonds. The van der Waals surface area contributed by atoms with E-state index in [1.165, 1.54) is 4.68 Å². The molecule has 0 atom stereocenters. The summed E-state index contributed by atoms with van der Waals surface area (Å²) in [6.45, 7) is 2.24. The van der Waals surface area contributed by atoms with Crippen LogP contribution in [0.4, 0.5) is 0 Å². The van der Waals surface area contributed by atoms with E-state index in [0.29, 0.717) is 13.0 Å². The molecule has 1 aromatic rings. The van der Waals surface area contributed by atoms with Crippen LogP contribution in [-0.4, -0.2) is 28.0 Å². The molecular weight excluding hydrogens is 194 g/mol. The van der Waals surface area contributed by atoms with E-state index in [9.17, 15) is 4.79 Å². The van der Waals surface area contributed by atoms with Crippen LogP contribution >= 0.6 is 0 Å². The van der Waals surface area contributed by atoms with Crippen LogP contribution in [0.5, 0.6) is 0 Å². The van der Waals surface area contributed by atoms with Crippen LogP contribution in [0.25, 0.3) is 0 Å². The summed E-state index contributed by atoms with van der Waals surface area (Å²) >= 11 is 0. The number of aryl methyl sites for hydroxylation is 1. The number of aliphatic hydroxyl groups is 1. The quantitative estimate of drug-likeness (QED) is 0.689. The monoisotopic (exact) mass is 209 g/mol. The fourth-order valence-electron chi connectivity index (χ4n) is 1.74. The van der Waals surface area contributed by atoms with Gasteiger partial charge >= 0.3 is 0 Å². The molecule has 0 unspecified atom stereocenters. The van der Waals surface area contributed by atoms with Crippen molar-refractivity contribution in [3.05, 3.63) is 27.7 Å². The molecule has 2 heterocycles. The van der Waals surface area contributed by atoms with Gasteiger partial charge in [0.05, 0.1) is 5.69 Å². The Hall–Kier alpha value is -1.20. The Labute approximate surface area is 87.7 Å². The molecule has 0 radical (unpaired) electrons. The van der Waals surface area contributed by atoms with Crippen LogP contribution < -0.4 is 10.9 Å². The lowest BCUT2D eigenvalue weighted by Crippen LogP contribution is -2.31. The zero-order chi connectivity index (χ0) is 10.7. The summed E-state index contributed by atoms with van der Waals surface area (Å²) < 4.78 is 1.44. The van der Waals surface area contributed by atoms with Crippen molar-refractivity contribution >= 4 is 0 Å². The van der Waals surface area contributed by atoms with E-state index >= 15 is 0 Å². The second kappa shape index (κ2) is 4.55. The van der Waals surface area contributed by atoms with E-state index in [-0.39, 0.29) is 12.2 Å². The average Bonchev–Trinajstić information content (AvgIpc) is 2.26. The maximum atomic E-state index is 11.6. The van der Waals surface area contributed by atoms with Crippen molar-refractivity contribution in [3.8, 4) is 0 Å². The summed E-state index contributed by atoms with van der Waals surface area (Å²) in [7, 11) is 0. The third-order valence-electron chi connectivity index (χ3n) is 2.55. The Morgan fingerprint density at radius 1 is 1.60 bits per heavy atom. The van der Waals surface area contributed by atoms with E-state index in [0.717, 1.165) is 30.8 Å². The van der Waals surface area contributed by atoms with Gasteiger partial charge in [0.25, 0.3) is 5.56 Å². The minimum Gasteiger partial charge on any atom is -0.396 e. The van der Waals surface area contributed by atoms with Crippen LogP contribution in [0, 0.1) is 0 Å². The molecule has 0 saturated heterocycles. The van der Waals surface area contributed by atoms with Gasteiger partial charge in [-0.05, 0) is 12.0 Å². The second-order valence-electron chi connectivity index (χ2n) is 3.68. The van der Waals surface area contributed by atoms with Crippen molar-refractivity contribution in [3.63, 3.8) is 0 Å². The summed E-state index contributed by atoms with van der Waals surface area (Å²) in [6, 6.07) is 1.64. The zero-order valence-electron chi connectivity index (χ0n) is 8.57. The van der Waals surface area contributed by atoms with Gasteiger partial charge in [-0.2, -0.15) is 5.10 Å². The number of aromatic nitrogens is 2. The molecule has 2 rings (SSSR count). The predicted molar refractivity (Wildman–Crippen MR) is 55.6 cm³/mol. The van der Waals surface area contributed by atoms with E-state index < -0.39 is 0 Å². The minimum atomic E-state index is -0.0779. The fourth-order valence-corrected chi connectivity index (χ4v) is 1.74. The maximum absolute atomic E-state index is 11.6. The smallest absolute Gasteiger partial charge is 0.267 e. The van der Waals surface area contributed by atoms with Crippen molar-refractivity contribution in [2.24, 2.45) is 0 Å². The number of rotatable bonds is 3. The Morgan fingerprint density at radius 3 is 3.27 bits per heavy atom. The van der Waals surface area contributed by atoms with Crippen LogP contribution in [0.2, 0.25) is 0 Å². The SMILES string of the molecule is O=c1cc2c(nn1CCCO)CCNC2. The molecule has 5 heteroatoms. The molecule has 5 nitrogen and oxygen atoms in total. The van der Waals surface area contributed by atoms with E-state index in [4.69, 9.17) is 5.11 Å². The lowest BCUT2D eigenvalue weighted by Gasteiger charge is -2.16. The summed E-state index contributed by atoms with van der Waals surface area (Å²) in [4.78, 5) is 11.6. The van der Waals surface area contributed by atoms with Crippen molar-refractivity contribution in [2.45, 2.75) is 25.9 Å². The number of hydrogen-bond acceptors (Lipinski definition) is 4. The molecule has 0 aliphatic carbocycles. The number of nitrogens with zero attached hydrogens (tertiary/aromatic N) is 2. The first-order valence-electron chi connectivity index (χ1n) is 5.23. The number of aliphatic hydroxyl groups excluding tert-OH is 1. The third-order valence-corrected chi connectivity index (χ3v) is 2.55. The molecule has 0 spiro atoms. The van der Waals surface area contributed by atoms with Gasteiger partial charge in [-0.15, -0.1) is 0 Å². The van der Waals surface area contributed by atoms with Gasteiger partial charge in [-0.3, -0.25) is 4.79 Å². The van der Waals surface area contributed by atoms with Crippen molar-refractivity contribution in [1.29, 1.82) is 0 Å². The van der Waals surface area contributed by atoms with Gasteiger partial charge < -0.3 is 10.4 Å². The predicted octanol–water partition coefficient (Wildman–Crippen LogP) is -0.729. The summed E-state index contributed by atoms with van der Waals surface area (Å²) in [6.07, 6.45) is 1.44. The molecule has 1 aliphatic rings. The van der Waals surface area contributed by atoms with Crippen LogP contribution in [0.15, 0.2) is 10.9 Å². The molecule has 82 valence electrons. The maximum Gasteiger partial charge on any atom is 0.267 e. The van der Waals surface area contributed by atoms with E-state index in [2.05, 4.69) is 10.4 Å². The Morgan fingerprint density at radius 2 is 2.47 bits per heavy atom. The van der Waals surface area contributed by atoms with Crippen molar-refractivity contribution in [2.75, 3.05) is 13.2 Å². The van der Waals surface area contributed by atoms with E-state index in [1.807, 2.05) is 0 Å². The van der Waals surface area contributed by atoms with Gasteiger partial charge in [-0.25, -0.2) is 4.68 Å². The van der Waals surface area contributed by atoms with Crippen LogP contribution in [-0.2, 0) is 19.5 Å².